The van der Waals surface area contributed by atoms with E-state index in [0.29, 0.717) is 44.2 Å². The summed E-state index contributed by atoms with van der Waals surface area (Å²) in [7, 11) is 0. The fourth-order valence-electron chi connectivity index (χ4n) is 10.4. The molecule has 0 saturated carbocycles. The first-order chi connectivity index (χ1) is 23.5. The lowest BCUT2D eigenvalue weighted by atomic mass is 9.66. The number of nitrogens with zero attached hydrogens (tertiary/aromatic N) is 4. The number of rotatable bonds is 0. The first-order valence-corrected chi connectivity index (χ1v) is 18.2. The van der Waals surface area contributed by atoms with E-state index in [-0.39, 0.29) is 34.5 Å². The molecule has 0 spiro atoms. The van der Waals surface area contributed by atoms with Crippen molar-refractivity contribution in [3.05, 3.63) is 76.5 Å². The van der Waals surface area contributed by atoms with Gasteiger partial charge in [-0.3, -0.25) is 0 Å². The monoisotopic (exact) mass is 668 g/mol. The highest BCUT2D eigenvalue weighted by atomic mass is 16.4. The summed E-state index contributed by atoms with van der Waals surface area (Å²) in [5, 5.41) is 23.4. The van der Waals surface area contributed by atoms with E-state index in [9.17, 15) is 20.1 Å². The maximum Gasteiger partial charge on any atom is 0.340 e. The van der Waals surface area contributed by atoms with Gasteiger partial charge in [0.1, 0.15) is 23.3 Å². The average molecular weight is 669 g/mol. The smallest absolute Gasteiger partial charge is 0.340 e. The van der Waals surface area contributed by atoms with E-state index in [0.717, 1.165) is 96.6 Å². The molecule has 0 N–H and O–H groups in total. The summed E-state index contributed by atoms with van der Waals surface area (Å²) in [5.41, 5.74) is 8.54. The highest BCUT2D eigenvalue weighted by molar-refractivity contribution is 6.01. The van der Waals surface area contributed by atoms with Crippen molar-refractivity contribution in [3.8, 4) is 12.1 Å². The molecule has 1 aliphatic carbocycles. The molecule has 0 fully saturated rings. The SMILES string of the molecule is CC1(C)CCN2CCC(C)(C)c3c2c1c(C#N)c1c2c(c(=O)oc31)Cc1c(c3c(C#N)c4c5c(c3oc1=O)C(C)(C)CCN5CCC4(C)C)C2. The third kappa shape index (κ3) is 3.80. The van der Waals surface area contributed by atoms with E-state index >= 15 is 0 Å². The predicted molar refractivity (Wildman–Crippen MR) is 195 cm³/mol. The highest BCUT2D eigenvalue weighted by Gasteiger charge is 2.47. The molecule has 8 nitrogen and oxygen atoms in total. The Hall–Kier alpha value is -4.56. The minimum atomic E-state index is -0.473. The van der Waals surface area contributed by atoms with Gasteiger partial charge < -0.3 is 18.6 Å². The van der Waals surface area contributed by atoms with Gasteiger partial charge in [0.15, 0.2) is 0 Å². The van der Waals surface area contributed by atoms with Crippen molar-refractivity contribution >= 4 is 33.3 Å². The van der Waals surface area contributed by atoms with Crippen molar-refractivity contribution in [2.75, 3.05) is 36.0 Å². The Labute approximate surface area is 292 Å². The molecule has 0 unspecified atom stereocenters. The zero-order chi connectivity index (χ0) is 35.4. The summed E-state index contributed by atoms with van der Waals surface area (Å²) in [5.74, 6) is 0. The molecule has 2 aromatic heterocycles. The zero-order valence-electron chi connectivity index (χ0n) is 30.5. The van der Waals surface area contributed by atoms with E-state index in [1.807, 2.05) is 0 Å². The van der Waals surface area contributed by atoms with Crippen molar-refractivity contribution in [2.45, 2.75) is 116 Å². The van der Waals surface area contributed by atoms with Crippen LogP contribution in [0.1, 0.15) is 137 Å². The van der Waals surface area contributed by atoms with E-state index < -0.39 is 11.3 Å². The number of hydrogen-bond acceptors (Lipinski definition) is 8. The van der Waals surface area contributed by atoms with Crippen LogP contribution in [-0.2, 0) is 34.5 Å². The topological polar surface area (TPSA) is 114 Å². The van der Waals surface area contributed by atoms with Gasteiger partial charge in [-0.15, -0.1) is 0 Å². The van der Waals surface area contributed by atoms with Crippen LogP contribution in [0, 0.1) is 22.7 Å². The number of benzene rings is 2. The first-order valence-electron chi connectivity index (χ1n) is 18.2. The van der Waals surface area contributed by atoms with Crippen molar-refractivity contribution in [2.24, 2.45) is 0 Å². The molecular formula is C42H44N4O4. The van der Waals surface area contributed by atoms with Gasteiger partial charge in [-0.25, -0.2) is 9.59 Å². The van der Waals surface area contributed by atoms with Crippen LogP contribution >= 0.6 is 0 Å². The van der Waals surface area contributed by atoms with Crippen molar-refractivity contribution in [1.29, 1.82) is 10.5 Å². The normalized spacial score (nSPS) is 21.5. The third-order valence-corrected chi connectivity index (χ3v) is 13.4. The van der Waals surface area contributed by atoms with Crippen LogP contribution in [0.3, 0.4) is 0 Å². The number of hydrogen-bond donors (Lipinski definition) is 0. The van der Waals surface area contributed by atoms with Gasteiger partial charge in [0, 0.05) is 94.5 Å². The molecule has 0 atom stereocenters. The minimum Gasteiger partial charge on any atom is -0.422 e. The van der Waals surface area contributed by atoms with Gasteiger partial charge in [0.2, 0.25) is 0 Å². The molecule has 5 aliphatic rings. The van der Waals surface area contributed by atoms with Crippen LogP contribution < -0.4 is 21.1 Å². The van der Waals surface area contributed by atoms with Gasteiger partial charge in [0.25, 0.3) is 0 Å². The van der Waals surface area contributed by atoms with Gasteiger partial charge >= 0.3 is 11.3 Å². The average Bonchev–Trinajstić information content (AvgIpc) is 3.04. The molecule has 256 valence electrons. The quantitative estimate of drug-likeness (QED) is 0.156. The van der Waals surface area contributed by atoms with Crippen LogP contribution in [0.5, 0.6) is 0 Å². The van der Waals surface area contributed by atoms with E-state index in [2.05, 4.69) is 77.3 Å². The summed E-state index contributed by atoms with van der Waals surface area (Å²) in [6.45, 7) is 21.3. The van der Waals surface area contributed by atoms with E-state index in [1.165, 1.54) is 0 Å². The first kappa shape index (κ1) is 31.4. The molecule has 2 aromatic carbocycles. The summed E-state index contributed by atoms with van der Waals surface area (Å²) >= 11 is 0. The Kier molecular flexibility index (Phi) is 6.04. The predicted octanol–water partition coefficient (Wildman–Crippen LogP) is 7.48. The fraction of sp³-hybridized carbons (Fsp3) is 0.524. The molecule has 9 rings (SSSR count). The fourth-order valence-corrected chi connectivity index (χ4v) is 10.4. The second kappa shape index (κ2) is 9.60. The summed E-state index contributed by atoms with van der Waals surface area (Å²) in [6, 6.07) is 5.22. The van der Waals surface area contributed by atoms with Crippen LogP contribution in [0.4, 0.5) is 11.4 Å². The van der Waals surface area contributed by atoms with Crippen LogP contribution in [-0.4, -0.2) is 26.2 Å². The Bertz CT molecular complexity index is 2300. The van der Waals surface area contributed by atoms with Crippen LogP contribution in [0.15, 0.2) is 18.4 Å². The van der Waals surface area contributed by atoms with Gasteiger partial charge in [0.05, 0.1) is 11.1 Å². The molecule has 4 aromatic rings. The van der Waals surface area contributed by atoms with Gasteiger partial charge in [-0.1, -0.05) is 55.4 Å². The number of fused-ring (bicyclic) bond motifs is 8. The van der Waals surface area contributed by atoms with Crippen LogP contribution in [0.25, 0.3) is 21.9 Å². The molecule has 50 heavy (non-hydrogen) atoms. The second-order valence-corrected chi connectivity index (χ2v) is 18.1. The van der Waals surface area contributed by atoms with Crippen molar-refractivity contribution < 1.29 is 8.83 Å². The Morgan fingerprint density at radius 1 is 0.520 bits per heavy atom. The molecule has 0 saturated heterocycles. The Balaban J connectivity index is 1.44. The van der Waals surface area contributed by atoms with E-state index in [4.69, 9.17) is 8.83 Å². The molecule has 0 amide bonds. The summed E-state index contributed by atoms with van der Waals surface area (Å²) in [6.07, 6.45) is 3.90. The van der Waals surface area contributed by atoms with Crippen molar-refractivity contribution in [1.82, 2.24) is 0 Å². The standard InChI is InChI=1S/C42H44N4O4/c1-39(2)9-13-45-15-11-41(5,6)31-33(45)29(39)25(19-43)27-21-17-22-24(18-23(21)37(47)49-35(27)31)38(48)50-36-28(22)26(20-44)30-34-32(36)42(7,8)12-16-46(34)14-10-40(30,3)4/h9-18H2,1-8H3. The van der Waals surface area contributed by atoms with Gasteiger partial charge in [-0.05, 0) is 58.5 Å². The lowest BCUT2D eigenvalue weighted by Gasteiger charge is -2.48. The van der Waals surface area contributed by atoms with E-state index in [1.54, 1.807) is 0 Å². The third-order valence-electron chi connectivity index (χ3n) is 13.4. The molecular weight excluding hydrogens is 624 g/mol. The minimum absolute atomic E-state index is 0.0353. The maximum atomic E-state index is 14.1. The molecule has 0 radical (unpaired) electrons. The Morgan fingerprint density at radius 3 is 1.18 bits per heavy atom. The molecule has 6 heterocycles. The number of nitriles is 2. The maximum absolute atomic E-state index is 14.1. The molecule has 0 bridgehead atoms. The zero-order valence-corrected chi connectivity index (χ0v) is 30.5. The summed E-state index contributed by atoms with van der Waals surface area (Å²) < 4.78 is 12.7. The number of anilines is 2. The highest BCUT2D eigenvalue weighted by Crippen LogP contribution is 2.56. The van der Waals surface area contributed by atoms with Gasteiger partial charge in [-0.2, -0.15) is 10.5 Å². The lowest BCUT2D eigenvalue weighted by Crippen LogP contribution is -2.45. The van der Waals surface area contributed by atoms with Crippen LogP contribution in [0.2, 0.25) is 0 Å². The Morgan fingerprint density at radius 2 is 0.840 bits per heavy atom. The lowest BCUT2D eigenvalue weighted by molar-refractivity contribution is 0.397. The molecule has 4 aliphatic heterocycles. The molecule has 8 heteroatoms. The summed E-state index contributed by atoms with van der Waals surface area (Å²) in [4.78, 5) is 33.0. The van der Waals surface area contributed by atoms with Crippen molar-refractivity contribution in [3.63, 3.8) is 0 Å². The second-order valence-electron chi connectivity index (χ2n) is 18.1. The largest absolute Gasteiger partial charge is 0.422 e.